The van der Waals surface area contributed by atoms with E-state index in [-0.39, 0.29) is 0 Å². The van der Waals surface area contributed by atoms with Gasteiger partial charge in [0, 0.05) is 11.6 Å². The summed E-state index contributed by atoms with van der Waals surface area (Å²) >= 11 is 0. The number of aryl methyl sites for hydroxylation is 1. The molecule has 1 aromatic carbocycles. The van der Waals surface area contributed by atoms with Gasteiger partial charge in [0.15, 0.2) is 0 Å². The molecular weight excluding hydrogens is 178 g/mol. The molecule has 0 aromatic heterocycles. The summed E-state index contributed by atoms with van der Waals surface area (Å²) in [6.07, 6.45) is 0. The number of hydrogen-bond donors (Lipinski definition) is 1. The summed E-state index contributed by atoms with van der Waals surface area (Å²) in [6, 6.07) is 5.47. The number of carbonyl (C=O) groups excluding carboxylic acids is 1. The highest BCUT2D eigenvalue weighted by Crippen LogP contribution is 2.14. The van der Waals surface area contributed by atoms with Gasteiger partial charge in [-0.25, -0.2) is 4.79 Å². The Morgan fingerprint density at radius 1 is 1.50 bits per heavy atom. The number of rotatable bonds is 0. The average Bonchev–Trinajstić information content (AvgIpc) is 2.16. The molecular formula is C11H11NO2. The summed E-state index contributed by atoms with van der Waals surface area (Å²) in [7, 11) is 1.29. The summed E-state index contributed by atoms with van der Waals surface area (Å²) in [5, 5.41) is 0. The lowest BCUT2D eigenvalue weighted by Gasteiger charge is -2.00. The lowest BCUT2D eigenvalue weighted by molar-refractivity contribution is -0.133. The molecule has 0 fully saturated rings. The normalized spacial score (nSPS) is 8.71. The number of ether oxygens (including phenoxy) is 1. The maximum absolute atomic E-state index is 10.8. The Bertz CT molecular complexity index is 393. The van der Waals surface area contributed by atoms with Gasteiger partial charge < -0.3 is 10.5 Å². The molecule has 1 aromatic rings. The molecule has 0 spiro atoms. The van der Waals surface area contributed by atoms with Gasteiger partial charge in [-0.1, -0.05) is 18.1 Å². The van der Waals surface area contributed by atoms with Crippen molar-refractivity contribution in [2.24, 2.45) is 0 Å². The van der Waals surface area contributed by atoms with E-state index in [4.69, 9.17) is 5.73 Å². The van der Waals surface area contributed by atoms with Crippen LogP contribution in [0.4, 0.5) is 5.69 Å². The molecule has 0 aliphatic carbocycles. The van der Waals surface area contributed by atoms with Crippen LogP contribution in [-0.4, -0.2) is 13.1 Å². The highest BCUT2D eigenvalue weighted by atomic mass is 16.5. The predicted molar refractivity (Wildman–Crippen MR) is 54.5 cm³/mol. The Morgan fingerprint density at radius 3 is 2.79 bits per heavy atom. The molecule has 0 heterocycles. The van der Waals surface area contributed by atoms with Crippen molar-refractivity contribution < 1.29 is 9.53 Å². The lowest BCUT2D eigenvalue weighted by Crippen LogP contribution is -1.97. The zero-order chi connectivity index (χ0) is 10.6. The third-order valence-corrected chi connectivity index (χ3v) is 1.78. The van der Waals surface area contributed by atoms with E-state index in [1.54, 1.807) is 6.07 Å². The smallest absolute Gasteiger partial charge is 0.384 e. The second-order valence-electron chi connectivity index (χ2n) is 2.78. The van der Waals surface area contributed by atoms with Crippen molar-refractivity contribution in [3.8, 4) is 11.8 Å². The number of methoxy groups -OCH3 is 1. The van der Waals surface area contributed by atoms with E-state index in [1.165, 1.54) is 7.11 Å². The van der Waals surface area contributed by atoms with Gasteiger partial charge in [0.1, 0.15) is 0 Å². The van der Waals surface area contributed by atoms with Crippen molar-refractivity contribution in [1.29, 1.82) is 0 Å². The maximum Gasteiger partial charge on any atom is 0.384 e. The molecule has 0 saturated carbocycles. The van der Waals surface area contributed by atoms with Crippen molar-refractivity contribution in [3.63, 3.8) is 0 Å². The van der Waals surface area contributed by atoms with Crippen LogP contribution in [0.2, 0.25) is 0 Å². The van der Waals surface area contributed by atoms with E-state index in [0.717, 1.165) is 5.56 Å². The quantitative estimate of drug-likeness (QED) is 0.378. The molecule has 72 valence electrons. The number of hydrogen-bond acceptors (Lipinski definition) is 3. The topological polar surface area (TPSA) is 52.3 Å². The Morgan fingerprint density at radius 2 is 2.21 bits per heavy atom. The Labute approximate surface area is 82.9 Å². The van der Waals surface area contributed by atoms with Crippen LogP contribution in [0.1, 0.15) is 11.1 Å². The first-order valence-corrected chi connectivity index (χ1v) is 4.10. The second-order valence-corrected chi connectivity index (χ2v) is 2.78. The minimum atomic E-state index is -0.562. The fraction of sp³-hybridized carbons (Fsp3) is 0.182. The van der Waals surface area contributed by atoms with Crippen LogP contribution in [-0.2, 0) is 9.53 Å². The summed E-state index contributed by atoms with van der Waals surface area (Å²) < 4.78 is 4.40. The molecule has 1 rings (SSSR count). The first kappa shape index (κ1) is 10.1. The number of nitrogen functional groups attached to an aromatic ring is 1. The molecule has 0 unspecified atom stereocenters. The van der Waals surface area contributed by atoms with Crippen LogP contribution in [0.3, 0.4) is 0 Å². The van der Waals surface area contributed by atoms with Gasteiger partial charge in [-0.3, -0.25) is 0 Å². The number of carbonyl (C=O) groups is 1. The zero-order valence-corrected chi connectivity index (χ0v) is 8.13. The molecule has 0 bridgehead atoms. The second kappa shape index (κ2) is 4.33. The molecule has 3 heteroatoms. The van der Waals surface area contributed by atoms with Crippen LogP contribution < -0.4 is 5.73 Å². The minimum Gasteiger partial charge on any atom is -0.459 e. The van der Waals surface area contributed by atoms with E-state index in [0.29, 0.717) is 11.3 Å². The van der Waals surface area contributed by atoms with Crippen molar-refractivity contribution >= 4 is 11.7 Å². The monoisotopic (exact) mass is 189 g/mol. The van der Waals surface area contributed by atoms with Crippen LogP contribution >= 0.6 is 0 Å². The average molecular weight is 189 g/mol. The first-order valence-electron chi connectivity index (χ1n) is 4.10. The van der Waals surface area contributed by atoms with Gasteiger partial charge >= 0.3 is 5.97 Å². The van der Waals surface area contributed by atoms with Crippen LogP contribution in [0.25, 0.3) is 0 Å². The molecule has 0 atom stereocenters. The number of esters is 1. The molecule has 3 nitrogen and oxygen atoms in total. The summed E-state index contributed by atoms with van der Waals surface area (Å²) in [4.78, 5) is 10.8. The molecule has 0 aliphatic heterocycles. The van der Waals surface area contributed by atoms with Gasteiger partial charge in [0.05, 0.1) is 12.7 Å². The molecule has 14 heavy (non-hydrogen) atoms. The number of nitrogens with two attached hydrogens (primary N) is 1. The SMILES string of the molecule is COC(=O)C#Cc1c(C)cccc1N. The van der Waals surface area contributed by atoms with Gasteiger partial charge in [-0.2, -0.15) is 0 Å². The Balaban J connectivity index is 3.06. The van der Waals surface area contributed by atoms with Crippen LogP contribution in [0.15, 0.2) is 18.2 Å². The highest BCUT2D eigenvalue weighted by molar-refractivity contribution is 5.89. The largest absolute Gasteiger partial charge is 0.459 e. The lowest BCUT2D eigenvalue weighted by atomic mass is 10.1. The molecule has 0 radical (unpaired) electrons. The predicted octanol–water partition coefficient (Wildman–Crippen LogP) is 1.10. The molecule has 0 amide bonds. The minimum absolute atomic E-state index is 0.562. The van der Waals surface area contributed by atoms with Crippen LogP contribution in [0.5, 0.6) is 0 Å². The summed E-state index contributed by atoms with van der Waals surface area (Å²) in [5.41, 5.74) is 7.89. The third kappa shape index (κ3) is 2.27. The van der Waals surface area contributed by atoms with Crippen molar-refractivity contribution in [3.05, 3.63) is 29.3 Å². The van der Waals surface area contributed by atoms with E-state index >= 15 is 0 Å². The number of anilines is 1. The fourth-order valence-corrected chi connectivity index (χ4v) is 1.03. The van der Waals surface area contributed by atoms with Crippen LogP contribution in [0, 0.1) is 18.8 Å². The number of benzene rings is 1. The van der Waals surface area contributed by atoms with Crippen molar-refractivity contribution in [1.82, 2.24) is 0 Å². The zero-order valence-electron chi connectivity index (χ0n) is 8.13. The molecule has 2 N–H and O–H groups in total. The molecule has 0 saturated heterocycles. The maximum atomic E-state index is 10.8. The van der Waals surface area contributed by atoms with E-state index < -0.39 is 5.97 Å². The van der Waals surface area contributed by atoms with Crippen molar-refractivity contribution in [2.75, 3.05) is 12.8 Å². The highest BCUT2D eigenvalue weighted by Gasteiger charge is 1.99. The third-order valence-electron chi connectivity index (χ3n) is 1.78. The van der Waals surface area contributed by atoms with Gasteiger partial charge in [-0.15, -0.1) is 0 Å². The summed E-state index contributed by atoms with van der Waals surface area (Å²) in [5.74, 6) is 4.46. The Hall–Kier alpha value is -1.95. The van der Waals surface area contributed by atoms with Gasteiger partial charge in [0.25, 0.3) is 0 Å². The standard InChI is InChI=1S/C11H11NO2/c1-8-4-3-5-10(12)9(8)6-7-11(13)14-2/h3-5H,12H2,1-2H3. The fourth-order valence-electron chi connectivity index (χ4n) is 1.03. The van der Waals surface area contributed by atoms with E-state index in [2.05, 4.69) is 16.6 Å². The van der Waals surface area contributed by atoms with E-state index in [1.807, 2.05) is 19.1 Å². The van der Waals surface area contributed by atoms with Crippen molar-refractivity contribution in [2.45, 2.75) is 6.92 Å². The Kier molecular flexibility index (Phi) is 3.14. The van der Waals surface area contributed by atoms with E-state index in [9.17, 15) is 4.79 Å². The van der Waals surface area contributed by atoms with Gasteiger partial charge in [0.2, 0.25) is 0 Å². The molecule has 0 aliphatic rings. The summed E-state index contributed by atoms with van der Waals surface area (Å²) in [6.45, 7) is 1.89. The van der Waals surface area contributed by atoms with Gasteiger partial charge in [-0.05, 0) is 18.6 Å². The first-order chi connectivity index (χ1) is 6.65.